The molecule has 4 nitrogen and oxygen atoms in total. The van der Waals surface area contributed by atoms with Crippen molar-refractivity contribution in [2.75, 3.05) is 6.54 Å². The van der Waals surface area contributed by atoms with Crippen LogP contribution < -0.4 is 0 Å². The molecule has 1 saturated heterocycles. The van der Waals surface area contributed by atoms with E-state index in [9.17, 15) is 14.7 Å². The van der Waals surface area contributed by atoms with Gasteiger partial charge in [-0.1, -0.05) is 19.4 Å². The van der Waals surface area contributed by atoms with E-state index in [1.807, 2.05) is 29.5 Å². The van der Waals surface area contributed by atoms with Gasteiger partial charge in [0.05, 0.1) is 8.48 Å². The van der Waals surface area contributed by atoms with Gasteiger partial charge in [-0.25, -0.2) is 0 Å². The molecule has 1 fully saturated rings. The summed E-state index contributed by atoms with van der Waals surface area (Å²) in [6, 6.07) is 5.07. The molecule has 1 N–H and O–H groups in total. The number of benzene rings is 1. The molecule has 1 aliphatic heterocycles. The largest absolute Gasteiger partial charge is 0.507 e. The quantitative estimate of drug-likeness (QED) is 0.613. The van der Waals surface area contributed by atoms with Crippen molar-refractivity contribution in [1.82, 2.24) is 4.90 Å². The number of hydrogen-bond donors (Lipinski definition) is 1. The first-order valence-electron chi connectivity index (χ1n) is 6.27. The van der Waals surface area contributed by atoms with Crippen molar-refractivity contribution in [3.63, 3.8) is 0 Å². The van der Waals surface area contributed by atoms with E-state index in [1.165, 1.54) is 4.90 Å². The van der Waals surface area contributed by atoms with Crippen molar-refractivity contribution < 1.29 is 14.7 Å². The van der Waals surface area contributed by atoms with Crippen LogP contribution in [-0.4, -0.2) is 27.7 Å². The maximum Gasteiger partial charge on any atom is 0.293 e. The topological polar surface area (TPSA) is 57.6 Å². The molecule has 1 aromatic carbocycles. The minimum atomic E-state index is -0.225. The van der Waals surface area contributed by atoms with E-state index in [1.54, 1.807) is 24.3 Å². The second kappa shape index (κ2) is 6.62. The highest BCUT2D eigenvalue weighted by Crippen LogP contribution is 2.33. The van der Waals surface area contributed by atoms with Gasteiger partial charge in [-0.3, -0.25) is 14.5 Å². The number of carbonyl (C=O) groups is 2. The number of amides is 2. The first kappa shape index (κ1) is 15.4. The molecule has 0 atom stereocenters. The van der Waals surface area contributed by atoms with E-state index in [2.05, 4.69) is 0 Å². The van der Waals surface area contributed by atoms with Gasteiger partial charge in [0, 0.05) is 6.54 Å². The molecule has 6 heteroatoms. The average Bonchev–Trinajstić information content (AvgIpc) is 2.67. The van der Waals surface area contributed by atoms with Crippen LogP contribution in [0.4, 0.5) is 4.79 Å². The minimum Gasteiger partial charge on any atom is -0.507 e. The summed E-state index contributed by atoms with van der Waals surface area (Å²) in [5.41, 5.74) is 0.799. The molecule has 0 radical (unpaired) electrons. The monoisotopic (exact) mass is 403 g/mol. The Labute approximate surface area is 135 Å². The van der Waals surface area contributed by atoms with E-state index in [-0.39, 0.29) is 16.9 Å². The first-order valence-corrected chi connectivity index (χ1v) is 8.16. The molecule has 0 unspecified atom stereocenters. The third kappa shape index (κ3) is 3.35. The summed E-state index contributed by atoms with van der Waals surface area (Å²) in [5.74, 6) is -0.0182. The standard InChI is InChI=1S/C14H14INO3S/c1-2-3-6-16-13(18)12(20-14(16)19)8-9-4-5-11(17)10(15)7-9/h4-5,7-8,17H,2-3,6H2,1H3/b12-8-. The number of hydrogen-bond acceptors (Lipinski definition) is 4. The van der Waals surface area contributed by atoms with Crippen LogP contribution in [0.2, 0.25) is 0 Å². The fourth-order valence-electron chi connectivity index (χ4n) is 1.77. The average molecular weight is 403 g/mol. The zero-order chi connectivity index (χ0) is 14.7. The van der Waals surface area contributed by atoms with E-state index < -0.39 is 0 Å². The van der Waals surface area contributed by atoms with E-state index >= 15 is 0 Å². The molecular weight excluding hydrogens is 389 g/mol. The number of aromatic hydroxyl groups is 1. The molecule has 0 bridgehead atoms. The van der Waals surface area contributed by atoms with Crippen molar-refractivity contribution in [2.24, 2.45) is 0 Å². The normalized spacial score (nSPS) is 17.3. The highest BCUT2D eigenvalue weighted by atomic mass is 127. The van der Waals surface area contributed by atoms with Gasteiger partial charge in [0.25, 0.3) is 11.1 Å². The molecule has 106 valence electrons. The number of rotatable bonds is 4. The molecule has 20 heavy (non-hydrogen) atoms. The summed E-state index contributed by atoms with van der Waals surface area (Å²) in [6.07, 6.45) is 3.46. The van der Waals surface area contributed by atoms with Gasteiger partial charge >= 0.3 is 0 Å². The van der Waals surface area contributed by atoms with Crippen LogP contribution in [0.5, 0.6) is 5.75 Å². The molecule has 1 aromatic rings. The van der Waals surface area contributed by atoms with Crippen molar-refractivity contribution >= 4 is 51.6 Å². The molecule has 2 amide bonds. The Morgan fingerprint density at radius 3 is 2.80 bits per heavy atom. The zero-order valence-corrected chi connectivity index (χ0v) is 13.9. The molecule has 0 spiro atoms. The van der Waals surface area contributed by atoms with Gasteiger partial charge in [0.2, 0.25) is 0 Å². The van der Waals surface area contributed by atoms with Crippen molar-refractivity contribution in [1.29, 1.82) is 0 Å². The number of unbranched alkanes of at least 4 members (excludes halogenated alkanes) is 1. The van der Waals surface area contributed by atoms with Crippen molar-refractivity contribution in [2.45, 2.75) is 19.8 Å². The maximum absolute atomic E-state index is 12.1. The summed E-state index contributed by atoms with van der Waals surface area (Å²) in [4.78, 5) is 25.7. The number of nitrogens with zero attached hydrogens (tertiary/aromatic N) is 1. The Kier molecular flexibility index (Phi) is 5.09. The Morgan fingerprint density at radius 1 is 1.40 bits per heavy atom. The SMILES string of the molecule is CCCCN1C(=O)S/C(=C\c2ccc(O)c(I)c2)C1=O. The lowest BCUT2D eigenvalue weighted by molar-refractivity contribution is -0.122. The van der Waals surface area contributed by atoms with Crippen LogP contribution in [0.25, 0.3) is 6.08 Å². The van der Waals surface area contributed by atoms with Crippen LogP contribution in [0.1, 0.15) is 25.3 Å². The lowest BCUT2D eigenvalue weighted by Crippen LogP contribution is -2.29. The van der Waals surface area contributed by atoms with E-state index in [4.69, 9.17) is 0 Å². The maximum atomic E-state index is 12.1. The number of carbonyl (C=O) groups excluding carboxylic acids is 2. The molecule has 0 saturated carbocycles. The fourth-order valence-corrected chi connectivity index (χ4v) is 3.18. The molecule has 0 aliphatic carbocycles. The Hall–Kier alpha value is -1.02. The van der Waals surface area contributed by atoms with Gasteiger partial charge in [0.1, 0.15) is 5.75 Å². The third-order valence-corrected chi connectivity index (χ3v) is 4.65. The summed E-state index contributed by atoms with van der Waals surface area (Å²) in [6.45, 7) is 2.50. The second-order valence-electron chi connectivity index (χ2n) is 4.40. The van der Waals surface area contributed by atoms with Crippen LogP contribution in [0.15, 0.2) is 23.1 Å². The van der Waals surface area contributed by atoms with Crippen molar-refractivity contribution in [3.8, 4) is 5.75 Å². The first-order chi connectivity index (χ1) is 9.52. The minimum absolute atomic E-state index is 0.205. The Bertz CT molecular complexity index is 586. The van der Waals surface area contributed by atoms with E-state index in [0.29, 0.717) is 15.0 Å². The van der Waals surface area contributed by atoms with E-state index in [0.717, 1.165) is 30.2 Å². The summed E-state index contributed by atoms with van der Waals surface area (Å²) >= 11 is 2.99. The summed E-state index contributed by atoms with van der Waals surface area (Å²) < 4.78 is 0.710. The third-order valence-electron chi connectivity index (χ3n) is 2.88. The predicted octanol–water partition coefficient (Wildman–Crippen LogP) is 3.83. The van der Waals surface area contributed by atoms with Gasteiger partial charge in [0.15, 0.2) is 0 Å². The van der Waals surface area contributed by atoms with Crippen LogP contribution in [-0.2, 0) is 4.79 Å². The molecule has 1 heterocycles. The smallest absolute Gasteiger partial charge is 0.293 e. The Balaban J connectivity index is 2.20. The number of phenolic OH excluding ortho intramolecular Hbond substituents is 1. The van der Waals surface area contributed by atoms with Gasteiger partial charge < -0.3 is 5.11 Å². The lowest BCUT2D eigenvalue weighted by atomic mass is 10.2. The van der Waals surface area contributed by atoms with Crippen LogP contribution in [0.3, 0.4) is 0 Å². The number of halogens is 1. The summed E-state index contributed by atoms with van der Waals surface area (Å²) in [5, 5.41) is 9.27. The number of imide groups is 1. The molecule has 1 aliphatic rings. The summed E-state index contributed by atoms with van der Waals surface area (Å²) in [7, 11) is 0. The second-order valence-corrected chi connectivity index (χ2v) is 6.55. The highest BCUT2D eigenvalue weighted by molar-refractivity contribution is 14.1. The molecule has 2 rings (SSSR count). The Morgan fingerprint density at radius 2 is 2.15 bits per heavy atom. The zero-order valence-electron chi connectivity index (χ0n) is 10.9. The van der Waals surface area contributed by atoms with Crippen LogP contribution in [0, 0.1) is 3.57 Å². The predicted molar refractivity (Wildman–Crippen MR) is 88.4 cm³/mol. The lowest BCUT2D eigenvalue weighted by Gasteiger charge is -2.10. The molecule has 0 aromatic heterocycles. The van der Waals surface area contributed by atoms with Gasteiger partial charge in [-0.2, -0.15) is 0 Å². The van der Waals surface area contributed by atoms with Gasteiger partial charge in [-0.05, 0) is 64.5 Å². The highest BCUT2D eigenvalue weighted by Gasteiger charge is 2.34. The van der Waals surface area contributed by atoms with Gasteiger partial charge in [-0.15, -0.1) is 0 Å². The molecular formula is C14H14INO3S. The number of thioether (sulfide) groups is 1. The number of phenols is 1. The van der Waals surface area contributed by atoms with Crippen molar-refractivity contribution in [3.05, 3.63) is 32.2 Å². The van der Waals surface area contributed by atoms with Crippen LogP contribution >= 0.6 is 34.4 Å². The fraction of sp³-hybridized carbons (Fsp3) is 0.286.